The monoisotopic (exact) mass is 469 g/mol. The summed E-state index contributed by atoms with van der Waals surface area (Å²) in [6, 6.07) is 13.2. The van der Waals surface area contributed by atoms with Crippen molar-refractivity contribution >= 4 is 17.2 Å². The summed E-state index contributed by atoms with van der Waals surface area (Å²) in [7, 11) is 3.22. The molecule has 0 spiro atoms. The summed E-state index contributed by atoms with van der Waals surface area (Å²) in [4.78, 5) is 19.5. The number of nitrogens with one attached hydrogen (secondary N) is 1. The highest BCUT2D eigenvalue weighted by Gasteiger charge is 2.20. The molecule has 0 fully saturated rings. The van der Waals surface area contributed by atoms with E-state index in [4.69, 9.17) is 14.2 Å². The number of ether oxygens (including phenoxy) is 3. The molecule has 2 aromatic carbocycles. The Morgan fingerprint density at radius 1 is 1.09 bits per heavy atom. The average Bonchev–Trinajstić information content (AvgIpc) is 3.38. The van der Waals surface area contributed by atoms with Gasteiger partial charge >= 0.3 is 0 Å². The zero-order chi connectivity index (χ0) is 23.6. The van der Waals surface area contributed by atoms with Crippen LogP contribution in [0, 0.1) is 0 Å². The Labute approximate surface area is 199 Å². The fraction of sp³-hybridized carbons (Fsp3) is 0.360. The highest BCUT2D eigenvalue weighted by molar-refractivity contribution is 7.07. The topological polar surface area (TPSA) is 72.9 Å². The van der Waals surface area contributed by atoms with Crippen molar-refractivity contribution in [3.63, 3.8) is 0 Å². The number of rotatable bonds is 12. The number of aromatic nitrogens is 1. The van der Waals surface area contributed by atoms with E-state index in [-0.39, 0.29) is 11.9 Å². The lowest BCUT2D eigenvalue weighted by Crippen LogP contribution is -2.38. The molecule has 3 aromatic rings. The third-order valence-electron chi connectivity index (χ3n) is 5.47. The number of hydrogen-bond donors (Lipinski definition) is 1. The van der Waals surface area contributed by atoms with Gasteiger partial charge in [-0.2, -0.15) is 0 Å². The molecule has 1 aromatic heterocycles. The molecule has 0 saturated carbocycles. The Balaban J connectivity index is 1.71. The largest absolute Gasteiger partial charge is 0.497 e. The maximum atomic E-state index is 13.0. The molecule has 33 heavy (non-hydrogen) atoms. The third kappa shape index (κ3) is 6.46. The van der Waals surface area contributed by atoms with Crippen LogP contribution in [0.4, 0.5) is 0 Å². The van der Waals surface area contributed by atoms with Gasteiger partial charge in [0.1, 0.15) is 12.4 Å². The lowest BCUT2D eigenvalue weighted by Gasteiger charge is -2.30. The van der Waals surface area contributed by atoms with Crippen molar-refractivity contribution in [1.82, 2.24) is 15.2 Å². The third-order valence-corrected chi connectivity index (χ3v) is 6.11. The van der Waals surface area contributed by atoms with Gasteiger partial charge in [0.2, 0.25) is 0 Å². The molecular weight excluding hydrogens is 438 g/mol. The van der Waals surface area contributed by atoms with Gasteiger partial charge in [0.25, 0.3) is 5.91 Å². The van der Waals surface area contributed by atoms with Crippen LogP contribution in [0.25, 0.3) is 0 Å². The minimum atomic E-state index is -0.167. The molecule has 0 radical (unpaired) electrons. The molecule has 8 heteroatoms. The van der Waals surface area contributed by atoms with Gasteiger partial charge in [-0.15, -0.1) is 11.3 Å². The molecular formula is C25H31N3O4S. The first-order chi connectivity index (χ1) is 16.1. The lowest BCUT2D eigenvalue weighted by molar-refractivity contribution is 0.0934. The smallest absolute Gasteiger partial charge is 0.251 e. The molecule has 0 aliphatic heterocycles. The van der Waals surface area contributed by atoms with Crippen LogP contribution in [0.5, 0.6) is 17.2 Å². The predicted octanol–water partition coefficient (Wildman–Crippen LogP) is 4.55. The van der Waals surface area contributed by atoms with E-state index in [1.54, 1.807) is 37.9 Å². The van der Waals surface area contributed by atoms with E-state index in [1.165, 1.54) is 11.3 Å². The fourth-order valence-corrected chi connectivity index (χ4v) is 4.19. The second-order valence-electron chi connectivity index (χ2n) is 7.36. The Morgan fingerprint density at radius 2 is 1.91 bits per heavy atom. The Kier molecular flexibility index (Phi) is 9.09. The van der Waals surface area contributed by atoms with Gasteiger partial charge in [-0.3, -0.25) is 9.69 Å². The normalized spacial score (nSPS) is 11.8. The first kappa shape index (κ1) is 24.5. The van der Waals surface area contributed by atoms with E-state index in [0.29, 0.717) is 30.2 Å². The number of methoxy groups -OCH3 is 2. The molecule has 1 amide bonds. The van der Waals surface area contributed by atoms with Crippen molar-refractivity contribution in [3.05, 3.63) is 70.2 Å². The first-order valence-corrected chi connectivity index (χ1v) is 11.9. The zero-order valence-corrected chi connectivity index (χ0v) is 20.4. The van der Waals surface area contributed by atoms with Gasteiger partial charge in [0, 0.05) is 17.5 Å². The van der Waals surface area contributed by atoms with Gasteiger partial charge < -0.3 is 19.5 Å². The van der Waals surface area contributed by atoms with Crippen molar-refractivity contribution in [2.75, 3.05) is 33.9 Å². The van der Waals surface area contributed by atoms with E-state index in [9.17, 15) is 4.79 Å². The fourth-order valence-electron chi connectivity index (χ4n) is 3.65. The van der Waals surface area contributed by atoms with Gasteiger partial charge in [-0.05, 0) is 49.0 Å². The van der Waals surface area contributed by atoms with Crippen molar-refractivity contribution < 1.29 is 19.0 Å². The average molecular weight is 470 g/mol. The molecule has 7 nitrogen and oxygen atoms in total. The van der Waals surface area contributed by atoms with Crippen molar-refractivity contribution in [2.24, 2.45) is 0 Å². The Bertz CT molecular complexity index is 1020. The number of nitrogens with zero attached hydrogens (tertiary/aromatic N) is 2. The molecule has 1 heterocycles. The molecule has 0 aliphatic carbocycles. The summed E-state index contributed by atoms with van der Waals surface area (Å²) >= 11 is 1.52. The number of thiazole rings is 1. The molecule has 0 aliphatic rings. The number of hydrogen-bond acceptors (Lipinski definition) is 7. The van der Waals surface area contributed by atoms with Gasteiger partial charge in [-0.25, -0.2) is 4.98 Å². The summed E-state index contributed by atoms with van der Waals surface area (Å²) in [5, 5.41) is 5.02. The second kappa shape index (κ2) is 12.2. The molecule has 176 valence electrons. The maximum Gasteiger partial charge on any atom is 0.251 e. The van der Waals surface area contributed by atoms with E-state index < -0.39 is 0 Å². The van der Waals surface area contributed by atoms with Crippen molar-refractivity contribution in [3.8, 4) is 17.2 Å². The zero-order valence-electron chi connectivity index (χ0n) is 19.5. The van der Waals surface area contributed by atoms with Crippen molar-refractivity contribution in [1.29, 1.82) is 0 Å². The molecule has 0 bridgehead atoms. The molecule has 0 saturated heterocycles. The number of carbonyl (C=O) groups excluding carboxylic acids is 1. The standard InChI is InChI=1S/C25H31N3O4S/c1-5-28(6-2)22(18-8-7-9-21(12-18)30-3)14-26-25(29)19-10-11-23(24(13-19)31-4)32-15-20-16-33-17-27-20/h7-13,16-17,22H,5-6,14-15H2,1-4H3,(H,26,29)/t22-/m1/s1. The highest BCUT2D eigenvalue weighted by atomic mass is 32.1. The summed E-state index contributed by atoms with van der Waals surface area (Å²) < 4.78 is 16.7. The minimum Gasteiger partial charge on any atom is -0.497 e. The van der Waals surface area contributed by atoms with E-state index in [2.05, 4.69) is 35.1 Å². The number of likely N-dealkylation sites (N-methyl/N-ethyl adjacent to an activating group) is 1. The lowest BCUT2D eigenvalue weighted by atomic mass is 10.0. The van der Waals surface area contributed by atoms with Crippen LogP contribution in [0.1, 0.15) is 41.5 Å². The summed E-state index contributed by atoms with van der Waals surface area (Å²) in [5.74, 6) is 1.71. The van der Waals surface area contributed by atoms with Gasteiger partial charge in [0.15, 0.2) is 11.5 Å². The molecule has 1 atom stereocenters. The van der Waals surface area contributed by atoms with Gasteiger partial charge in [-0.1, -0.05) is 26.0 Å². The van der Waals surface area contributed by atoms with E-state index in [0.717, 1.165) is 30.1 Å². The van der Waals surface area contributed by atoms with Crippen LogP contribution in [0.15, 0.2) is 53.4 Å². The molecule has 3 rings (SSSR count). The number of benzene rings is 2. The number of amides is 1. The van der Waals surface area contributed by atoms with Crippen LogP contribution >= 0.6 is 11.3 Å². The van der Waals surface area contributed by atoms with Crippen LogP contribution < -0.4 is 19.5 Å². The predicted molar refractivity (Wildman–Crippen MR) is 130 cm³/mol. The molecule has 1 N–H and O–H groups in total. The minimum absolute atomic E-state index is 0.0293. The summed E-state index contributed by atoms with van der Waals surface area (Å²) in [6.45, 7) is 6.79. The van der Waals surface area contributed by atoms with E-state index in [1.807, 2.05) is 23.6 Å². The number of carbonyl (C=O) groups is 1. The molecule has 0 unspecified atom stereocenters. The maximum absolute atomic E-state index is 13.0. The second-order valence-corrected chi connectivity index (χ2v) is 8.08. The van der Waals surface area contributed by atoms with Crippen molar-refractivity contribution in [2.45, 2.75) is 26.5 Å². The first-order valence-electron chi connectivity index (χ1n) is 10.9. The van der Waals surface area contributed by atoms with Crippen LogP contribution in [-0.2, 0) is 6.61 Å². The Morgan fingerprint density at radius 3 is 2.58 bits per heavy atom. The summed E-state index contributed by atoms with van der Waals surface area (Å²) in [5.41, 5.74) is 4.22. The van der Waals surface area contributed by atoms with Crippen LogP contribution in [-0.4, -0.2) is 49.6 Å². The van der Waals surface area contributed by atoms with Gasteiger partial charge in [0.05, 0.1) is 31.5 Å². The van der Waals surface area contributed by atoms with E-state index >= 15 is 0 Å². The van der Waals surface area contributed by atoms with Crippen LogP contribution in [0.3, 0.4) is 0 Å². The Hall–Kier alpha value is -3.10. The SMILES string of the molecule is CCN(CC)[C@H](CNC(=O)c1ccc(OCc2cscn2)c(OC)c1)c1cccc(OC)c1. The van der Waals surface area contributed by atoms with Crippen LogP contribution in [0.2, 0.25) is 0 Å². The quantitative estimate of drug-likeness (QED) is 0.420. The summed E-state index contributed by atoms with van der Waals surface area (Å²) in [6.07, 6.45) is 0. The highest BCUT2D eigenvalue weighted by Crippen LogP contribution is 2.29.